The van der Waals surface area contributed by atoms with E-state index in [4.69, 9.17) is 5.11 Å². The van der Waals surface area contributed by atoms with Crippen LogP contribution in [-0.4, -0.2) is 32.9 Å². The molecule has 1 rings (SSSR count). The van der Waals surface area contributed by atoms with Gasteiger partial charge in [-0.05, 0) is 5.41 Å². The molecule has 0 radical (unpaired) electrons. The predicted molar refractivity (Wildman–Crippen MR) is 74.1 cm³/mol. The molecule has 7 heteroatoms. The Bertz CT molecular complexity index is 476. The molecule has 1 unspecified atom stereocenters. The summed E-state index contributed by atoms with van der Waals surface area (Å²) in [6.45, 7) is 6.02. The molecule has 1 heterocycles. The van der Waals surface area contributed by atoms with Crippen molar-refractivity contribution in [3.63, 3.8) is 0 Å². The van der Waals surface area contributed by atoms with Gasteiger partial charge in [0.15, 0.2) is 0 Å². The van der Waals surface area contributed by atoms with E-state index in [0.717, 1.165) is 5.56 Å². The van der Waals surface area contributed by atoms with Gasteiger partial charge in [0.05, 0.1) is 12.6 Å². The second kappa shape index (κ2) is 6.40. The minimum Gasteiger partial charge on any atom is -0.481 e. The van der Waals surface area contributed by atoms with Gasteiger partial charge >= 0.3 is 12.0 Å². The third-order valence-electron chi connectivity index (χ3n) is 2.94. The number of aliphatic carboxylic acids is 1. The number of urea groups is 1. The van der Waals surface area contributed by atoms with Crippen molar-refractivity contribution in [2.75, 3.05) is 0 Å². The number of hydrogen-bond acceptors (Lipinski definition) is 3. The molecule has 0 fully saturated rings. The van der Waals surface area contributed by atoms with Gasteiger partial charge in [-0.15, -0.1) is 0 Å². The van der Waals surface area contributed by atoms with Crippen molar-refractivity contribution in [1.82, 2.24) is 20.4 Å². The van der Waals surface area contributed by atoms with Crippen LogP contribution >= 0.6 is 0 Å². The summed E-state index contributed by atoms with van der Waals surface area (Å²) < 4.78 is 1.65. The zero-order chi connectivity index (χ0) is 15.3. The van der Waals surface area contributed by atoms with E-state index in [1.165, 1.54) is 0 Å². The van der Waals surface area contributed by atoms with E-state index in [1.807, 2.05) is 20.8 Å². The molecule has 0 spiro atoms. The van der Waals surface area contributed by atoms with Gasteiger partial charge in [-0.1, -0.05) is 20.8 Å². The molecule has 0 aliphatic rings. The molecule has 0 aliphatic carbocycles. The summed E-state index contributed by atoms with van der Waals surface area (Å²) in [5, 5.41) is 18.3. The second-order valence-corrected chi connectivity index (χ2v) is 5.87. The molecule has 3 N–H and O–H groups in total. The number of aryl methyl sites for hydroxylation is 1. The highest BCUT2D eigenvalue weighted by Gasteiger charge is 2.28. The molecule has 0 aromatic carbocycles. The smallest absolute Gasteiger partial charge is 0.315 e. The number of rotatable bonds is 5. The molecule has 1 aromatic rings. The number of amides is 2. The third-order valence-corrected chi connectivity index (χ3v) is 2.94. The number of carbonyl (C=O) groups is 2. The van der Waals surface area contributed by atoms with Crippen molar-refractivity contribution in [3.8, 4) is 0 Å². The summed E-state index contributed by atoms with van der Waals surface area (Å²) in [4.78, 5) is 22.7. The van der Waals surface area contributed by atoms with Crippen LogP contribution in [0, 0.1) is 5.41 Å². The number of nitrogens with zero attached hydrogens (tertiary/aromatic N) is 2. The first-order chi connectivity index (χ1) is 9.18. The first-order valence-electron chi connectivity index (χ1n) is 6.42. The maximum atomic E-state index is 11.8. The summed E-state index contributed by atoms with van der Waals surface area (Å²) in [6.07, 6.45) is 3.36. The lowest BCUT2D eigenvalue weighted by Crippen LogP contribution is -2.48. The van der Waals surface area contributed by atoms with Gasteiger partial charge in [0, 0.05) is 31.4 Å². The van der Waals surface area contributed by atoms with Crippen molar-refractivity contribution in [1.29, 1.82) is 0 Å². The zero-order valence-electron chi connectivity index (χ0n) is 12.3. The number of carboxylic acid groups (broad SMARTS) is 1. The average molecular weight is 282 g/mol. The standard InChI is InChI=1S/C13H22N4O3/c1-13(2,3)10(5-11(18)19)16-12(20)14-6-9-7-15-17(4)8-9/h7-8,10H,5-6H2,1-4H3,(H,18,19)(H2,14,16,20). The second-order valence-electron chi connectivity index (χ2n) is 5.87. The van der Waals surface area contributed by atoms with E-state index in [9.17, 15) is 9.59 Å². The Morgan fingerprint density at radius 1 is 1.45 bits per heavy atom. The fourth-order valence-corrected chi connectivity index (χ4v) is 1.70. The summed E-state index contributed by atoms with van der Waals surface area (Å²) in [7, 11) is 1.80. The van der Waals surface area contributed by atoms with Crippen LogP contribution in [0.15, 0.2) is 12.4 Å². The maximum Gasteiger partial charge on any atom is 0.315 e. The molecular formula is C13H22N4O3. The van der Waals surface area contributed by atoms with Gasteiger partial charge in [0.25, 0.3) is 0 Å². The van der Waals surface area contributed by atoms with Gasteiger partial charge in [-0.25, -0.2) is 4.79 Å². The third kappa shape index (κ3) is 5.29. The van der Waals surface area contributed by atoms with Crippen molar-refractivity contribution >= 4 is 12.0 Å². The van der Waals surface area contributed by atoms with Gasteiger partial charge in [-0.3, -0.25) is 9.48 Å². The summed E-state index contributed by atoms with van der Waals surface area (Å²) in [6, 6.07) is -0.816. The molecule has 112 valence electrons. The molecule has 1 atom stereocenters. The van der Waals surface area contributed by atoms with Crippen LogP contribution in [-0.2, 0) is 18.4 Å². The van der Waals surface area contributed by atoms with Crippen LogP contribution in [0.25, 0.3) is 0 Å². The molecule has 0 aliphatic heterocycles. The lowest BCUT2D eigenvalue weighted by Gasteiger charge is -2.30. The topological polar surface area (TPSA) is 96.2 Å². The Hall–Kier alpha value is -2.05. The molecule has 1 aromatic heterocycles. The summed E-state index contributed by atoms with van der Waals surface area (Å²) in [5.74, 6) is -0.933. The summed E-state index contributed by atoms with van der Waals surface area (Å²) >= 11 is 0. The highest BCUT2D eigenvalue weighted by molar-refractivity contribution is 5.75. The van der Waals surface area contributed by atoms with Crippen molar-refractivity contribution in [3.05, 3.63) is 18.0 Å². The Labute approximate surface area is 118 Å². The zero-order valence-corrected chi connectivity index (χ0v) is 12.3. The molecule has 0 bridgehead atoms. The van der Waals surface area contributed by atoms with E-state index in [0.29, 0.717) is 6.54 Å². The largest absolute Gasteiger partial charge is 0.481 e. The van der Waals surface area contributed by atoms with Crippen LogP contribution in [0.4, 0.5) is 4.79 Å². The Kier molecular flexibility index (Phi) is 5.12. The average Bonchev–Trinajstić information content (AvgIpc) is 2.70. The highest BCUT2D eigenvalue weighted by atomic mass is 16.4. The molecule has 0 saturated carbocycles. The van der Waals surface area contributed by atoms with E-state index in [1.54, 1.807) is 24.1 Å². The maximum absolute atomic E-state index is 11.8. The van der Waals surface area contributed by atoms with E-state index >= 15 is 0 Å². The molecule has 0 saturated heterocycles. The van der Waals surface area contributed by atoms with Crippen LogP contribution in [0.2, 0.25) is 0 Å². The monoisotopic (exact) mass is 282 g/mol. The van der Waals surface area contributed by atoms with Crippen LogP contribution in [0.3, 0.4) is 0 Å². The normalized spacial score (nSPS) is 12.8. The number of hydrogen-bond donors (Lipinski definition) is 3. The van der Waals surface area contributed by atoms with Gasteiger partial charge in [0.2, 0.25) is 0 Å². The van der Waals surface area contributed by atoms with Crippen LogP contribution < -0.4 is 10.6 Å². The van der Waals surface area contributed by atoms with Gasteiger partial charge in [-0.2, -0.15) is 5.10 Å². The van der Waals surface area contributed by atoms with Crippen LogP contribution in [0.1, 0.15) is 32.8 Å². The molecular weight excluding hydrogens is 260 g/mol. The van der Waals surface area contributed by atoms with Gasteiger partial charge in [0.1, 0.15) is 0 Å². The minimum absolute atomic E-state index is 0.107. The number of aromatic nitrogens is 2. The Morgan fingerprint density at radius 3 is 2.55 bits per heavy atom. The van der Waals surface area contributed by atoms with Crippen molar-refractivity contribution in [2.24, 2.45) is 12.5 Å². The number of carboxylic acids is 1. The lowest BCUT2D eigenvalue weighted by molar-refractivity contribution is -0.138. The first-order valence-corrected chi connectivity index (χ1v) is 6.42. The molecule has 20 heavy (non-hydrogen) atoms. The Balaban J connectivity index is 2.51. The van der Waals surface area contributed by atoms with Crippen molar-refractivity contribution in [2.45, 2.75) is 39.8 Å². The van der Waals surface area contributed by atoms with E-state index in [2.05, 4.69) is 15.7 Å². The van der Waals surface area contributed by atoms with Gasteiger partial charge < -0.3 is 15.7 Å². The quantitative estimate of drug-likeness (QED) is 0.753. The SMILES string of the molecule is Cn1cc(CNC(=O)NC(CC(=O)O)C(C)(C)C)cn1. The fraction of sp³-hybridized carbons (Fsp3) is 0.615. The minimum atomic E-state index is -0.933. The fourth-order valence-electron chi connectivity index (χ4n) is 1.70. The highest BCUT2D eigenvalue weighted by Crippen LogP contribution is 2.21. The molecule has 7 nitrogen and oxygen atoms in total. The lowest BCUT2D eigenvalue weighted by atomic mass is 9.85. The number of nitrogens with one attached hydrogen (secondary N) is 2. The first kappa shape index (κ1) is 16.0. The van der Waals surface area contributed by atoms with E-state index in [-0.39, 0.29) is 17.9 Å². The summed E-state index contributed by atoms with van der Waals surface area (Å²) in [5.41, 5.74) is 0.553. The predicted octanol–water partition coefficient (Wildman–Crippen LogP) is 1.11. The molecule has 2 amide bonds. The van der Waals surface area contributed by atoms with Crippen molar-refractivity contribution < 1.29 is 14.7 Å². The van der Waals surface area contributed by atoms with Crippen LogP contribution in [0.5, 0.6) is 0 Å². The van der Waals surface area contributed by atoms with E-state index < -0.39 is 12.0 Å². The Morgan fingerprint density at radius 2 is 2.10 bits per heavy atom. The number of carbonyl (C=O) groups excluding carboxylic acids is 1.